The van der Waals surface area contributed by atoms with Crippen LogP contribution in [0, 0.1) is 0 Å². The van der Waals surface area contributed by atoms with Crippen LogP contribution < -0.4 is 11.1 Å². The fourth-order valence-electron chi connectivity index (χ4n) is 1.81. The molecule has 0 bridgehead atoms. The quantitative estimate of drug-likeness (QED) is 0.374. The van der Waals surface area contributed by atoms with Gasteiger partial charge in [0.15, 0.2) is 0 Å². The molecule has 0 radical (unpaired) electrons. The summed E-state index contributed by atoms with van der Waals surface area (Å²) in [6.45, 7) is 0.770. The number of thioether (sulfide) groups is 1. The monoisotopic (exact) mass is 414 g/mol. The second-order valence-electron chi connectivity index (χ2n) is 4.88. The molecule has 25 heavy (non-hydrogen) atoms. The van der Waals surface area contributed by atoms with E-state index >= 15 is 0 Å². The molecule has 2 aromatic rings. The average molecular weight is 416 g/mol. The Morgan fingerprint density at radius 1 is 1.08 bits per heavy atom. The zero-order valence-electron chi connectivity index (χ0n) is 13.3. The molecule has 3 N–H and O–H groups in total. The van der Waals surface area contributed by atoms with Gasteiger partial charge < -0.3 is 11.1 Å². The lowest BCUT2D eigenvalue weighted by Gasteiger charge is -2.07. The molecular weight excluding hydrogens is 399 g/mol. The van der Waals surface area contributed by atoms with E-state index in [1.54, 1.807) is 36.3 Å². The number of nitrogens with one attached hydrogen (secondary N) is 1. The standard InChI is InChI=1S/C17H17Cl3N4S/c18-13-3-5-15(6-4-13)24-17(8-22-11-23-10-21)25-9-12-1-2-14(19)7-16(12)20/h1-7,11H,8-10,21H2,(H,22,23). The van der Waals surface area contributed by atoms with Gasteiger partial charge in [0, 0.05) is 20.8 Å². The first-order valence-electron chi connectivity index (χ1n) is 7.40. The third kappa shape index (κ3) is 7.26. The van der Waals surface area contributed by atoms with Gasteiger partial charge in [-0.15, -0.1) is 11.8 Å². The predicted molar refractivity (Wildman–Crippen MR) is 112 cm³/mol. The van der Waals surface area contributed by atoms with Crippen LogP contribution in [0.4, 0.5) is 5.69 Å². The van der Waals surface area contributed by atoms with Gasteiger partial charge in [0.25, 0.3) is 0 Å². The van der Waals surface area contributed by atoms with Crippen LogP contribution in [0.15, 0.2) is 52.4 Å². The summed E-state index contributed by atoms with van der Waals surface area (Å²) in [6.07, 6.45) is 1.58. The van der Waals surface area contributed by atoms with E-state index in [9.17, 15) is 0 Å². The number of nitrogens with zero attached hydrogens (tertiary/aromatic N) is 2. The molecule has 4 nitrogen and oxygen atoms in total. The minimum absolute atomic E-state index is 0.334. The minimum atomic E-state index is 0.334. The molecule has 0 spiro atoms. The first-order valence-corrected chi connectivity index (χ1v) is 9.52. The fourth-order valence-corrected chi connectivity index (χ4v) is 3.40. The van der Waals surface area contributed by atoms with Crippen LogP contribution >= 0.6 is 46.6 Å². The molecule has 132 valence electrons. The first-order chi connectivity index (χ1) is 12.1. The van der Waals surface area contributed by atoms with Gasteiger partial charge in [0.05, 0.1) is 30.3 Å². The summed E-state index contributed by atoms with van der Waals surface area (Å²) < 4.78 is 0. The summed E-state index contributed by atoms with van der Waals surface area (Å²) in [5, 5.41) is 5.61. The van der Waals surface area contributed by atoms with Crippen LogP contribution in [-0.2, 0) is 5.75 Å². The van der Waals surface area contributed by atoms with Crippen molar-refractivity contribution < 1.29 is 0 Å². The summed E-state index contributed by atoms with van der Waals surface area (Å²) >= 11 is 19.6. The van der Waals surface area contributed by atoms with E-state index in [4.69, 9.17) is 40.5 Å². The molecule has 0 amide bonds. The van der Waals surface area contributed by atoms with Crippen molar-refractivity contribution in [1.82, 2.24) is 5.32 Å². The molecule has 0 atom stereocenters. The van der Waals surface area contributed by atoms with Gasteiger partial charge in [-0.2, -0.15) is 0 Å². The Hall–Kier alpha value is -1.24. The summed E-state index contributed by atoms with van der Waals surface area (Å²) in [6, 6.07) is 12.8. The van der Waals surface area contributed by atoms with Crippen LogP contribution in [0.2, 0.25) is 15.1 Å². The molecule has 0 saturated heterocycles. The smallest absolute Gasteiger partial charge is 0.0957 e. The number of aliphatic imine (C=N–C) groups is 2. The van der Waals surface area contributed by atoms with E-state index in [0.717, 1.165) is 16.3 Å². The van der Waals surface area contributed by atoms with E-state index in [1.165, 1.54) is 0 Å². The summed E-state index contributed by atoms with van der Waals surface area (Å²) in [5.74, 6) is 0.669. The molecule has 0 aliphatic heterocycles. The third-order valence-electron chi connectivity index (χ3n) is 3.02. The minimum Gasteiger partial charge on any atom is -0.364 e. The average Bonchev–Trinajstić information content (AvgIpc) is 2.59. The molecule has 0 fully saturated rings. The lowest BCUT2D eigenvalue weighted by molar-refractivity contribution is 0.940. The van der Waals surface area contributed by atoms with Crippen molar-refractivity contribution in [3.8, 4) is 0 Å². The molecule has 0 unspecified atom stereocenters. The van der Waals surface area contributed by atoms with Crippen molar-refractivity contribution in [3.05, 3.63) is 63.1 Å². The highest BCUT2D eigenvalue weighted by Crippen LogP contribution is 2.26. The van der Waals surface area contributed by atoms with Gasteiger partial charge >= 0.3 is 0 Å². The number of hydrogen-bond acceptors (Lipinski definition) is 4. The normalized spacial score (nSPS) is 11.9. The summed E-state index contributed by atoms with van der Waals surface area (Å²) in [5.41, 5.74) is 7.18. The zero-order chi connectivity index (χ0) is 18.1. The molecule has 0 heterocycles. The van der Waals surface area contributed by atoms with Crippen LogP contribution in [0.3, 0.4) is 0 Å². The van der Waals surface area contributed by atoms with Crippen LogP contribution in [0.5, 0.6) is 0 Å². The summed E-state index contributed by atoms with van der Waals surface area (Å²) in [7, 11) is 0. The van der Waals surface area contributed by atoms with Crippen molar-refractivity contribution in [3.63, 3.8) is 0 Å². The lowest BCUT2D eigenvalue weighted by Crippen LogP contribution is -2.20. The van der Waals surface area contributed by atoms with Gasteiger partial charge in [-0.25, -0.2) is 4.99 Å². The Morgan fingerprint density at radius 2 is 1.80 bits per heavy atom. The van der Waals surface area contributed by atoms with Crippen molar-refractivity contribution in [2.75, 3.05) is 13.2 Å². The predicted octanol–water partition coefficient (Wildman–Crippen LogP) is 5.14. The van der Waals surface area contributed by atoms with E-state index in [0.29, 0.717) is 34.0 Å². The summed E-state index contributed by atoms with van der Waals surface area (Å²) in [4.78, 5) is 8.91. The first kappa shape index (κ1) is 20.1. The number of halogens is 3. The van der Waals surface area contributed by atoms with E-state index < -0.39 is 0 Å². The molecule has 2 aromatic carbocycles. The molecule has 8 heteroatoms. The Morgan fingerprint density at radius 3 is 2.48 bits per heavy atom. The van der Waals surface area contributed by atoms with E-state index in [-0.39, 0.29) is 0 Å². The SMILES string of the molecule is NCNC=NCC(=Nc1ccc(Cl)cc1)SCc1ccc(Cl)cc1Cl. The topological polar surface area (TPSA) is 62.8 Å². The molecule has 0 aromatic heterocycles. The van der Waals surface area contributed by atoms with Gasteiger partial charge in [-0.1, -0.05) is 40.9 Å². The number of hydrogen-bond donors (Lipinski definition) is 2. The molecule has 0 aliphatic carbocycles. The Balaban J connectivity index is 2.11. The largest absolute Gasteiger partial charge is 0.364 e. The Labute approximate surface area is 166 Å². The highest BCUT2D eigenvalue weighted by atomic mass is 35.5. The maximum Gasteiger partial charge on any atom is 0.0957 e. The van der Waals surface area contributed by atoms with E-state index in [2.05, 4.69) is 15.3 Å². The lowest BCUT2D eigenvalue weighted by atomic mass is 10.2. The van der Waals surface area contributed by atoms with Crippen LogP contribution in [-0.4, -0.2) is 24.6 Å². The molecule has 2 rings (SSSR count). The maximum absolute atomic E-state index is 6.23. The third-order valence-corrected chi connectivity index (χ3v) is 4.86. The van der Waals surface area contributed by atoms with Crippen molar-refractivity contribution in [2.45, 2.75) is 5.75 Å². The second kappa shape index (κ2) is 10.7. The highest BCUT2D eigenvalue weighted by Gasteiger charge is 2.06. The fraction of sp³-hybridized carbons (Fsp3) is 0.176. The Kier molecular flexibility index (Phi) is 8.58. The zero-order valence-corrected chi connectivity index (χ0v) is 16.3. The van der Waals surface area contributed by atoms with Crippen molar-refractivity contribution >= 4 is 63.6 Å². The molecular formula is C17H17Cl3N4S. The van der Waals surface area contributed by atoms with Gasteiger partial charge in [0.1, 0.15) is 0 Å². The van der Waals surface area contributed by atoms with Gasteiger partial charge in [-0.05, 0) is 42.0 Å². The van der Waals surface area contributed by atoms with Gasteiger partial charge in [0.2, 0.25) is 0 Å². The number of nitrogens with two attached hydrogens (primary N) is 1. The van der Waals surface area contributed by atoms with Crippen LogP contribution in [0.25, 0.3) is 0 Å². The van der Waals surface area contributed by atoms with Crippen molar-refractivity contribution in [1.29, 1.82) is 0 Å². The maximum atomic E-state index is 6.23. The number of rotatable bonds is 7. The van der Waals surface area contributed by atoms with Crippen LogP contribution in [0.1, 0.15) is 5.56 Å². The Bertz CT molecular complexity index is 748. The van der Waals surface area contributed by atoms with E-state index in [1.807, 2.05) is 24.3 Å². The molecule has 0 aliphatic rings. The molecule has 0 saturated carbocycles. The van der Waals surface area contributed by atoms with Crippen molar-refractivity contribution in [2.24, 2.45) is 15.7 Å². The second-order valence-corrected chi connectivity index (χ2v) is 7.21. The number of benzene rings is 2. The highest BCUT2D eigenvalue weighted by molar-refractivity contribution is 8.13. The van der Waals surface area contributed by atoms with Gasteiger partial charge in [-0.3, -0.25) is 4.99 Å².